The highest BCUT2D eigenvalue weighted by Gasteiger charge is 2.40. The third-order valence-electron chi connectivity index (χ3n) is 4.74. The molecular weight excluding hydrogens is 226 g/mol. The van der Waals surface area contributed by atoms with Crippen LogP contribution in [-0.4, -0.2) is 38.5 Å². The van der Waals surface area contributed by atoms with Crippen LogP contribution in [0, 0.1) is 5.92 Å². The van der Waals surface area contributed by atoms with Crippen molar-refractivity contribution >= 4 is 0 Å². The maximum atomic E-state index is 6.17. The first-order valence-electron chi connectivity index (χ1n) is 7.68. The molecular formula is C15H29NO2. The zero-order valence-corrected chi connectivity index (χ0v) is 12.0. The standard InChI is InChI=1S/C15H29NO2/c1-3-17-12-14(16-2)13-7-10-18-15(11-13)8-5-4-6-9-15/h13-14,16H,3-12H2,1-2H3. The number of nitrogens with one attached hydrogen (secondary N) is 1. The van der Waals surface area contributed by atoms with Crippen molar-refractivity contribution in [1.29, 1.82) is 0 Å². The van der Waals surface area contributed by atoms with Crippen molar-refractivity contribution in [2.75, 3.05) is 26.9 Å². The van der Waals surface area contributed by atoms with Crippen molar-refractivity contribution in [2.45, 2.75) is 63.5 Å². The van der Waals surface area contributed by atoms with Crippen molar-refractivity contribution in [1.82, 2.24) is 5.32 Å². The molecule has 106 valence electrons. The minimum atomic E-state index is 0.211. The summed E-state index contributed by atoms with van der Waals surface area (Å²) in [5.41, 5.74) is 0.211. The highest BCUT2D eigenvalue weighted by atomic mass is 16.5. The average molecular weight is 255 g/mol. The molecule has 1 heterocycles. The van der Waals surface area contributed by atoms with Crippen molar-refractivity contribution < 1.29 is 9.47 Å². The third kappa shape index (κ3) is 3.46. The highest BCUT2D eigenvalue weighted by Crippen LogP contribution is 2.41. The molecule has 0 aromatic heterocycles. The molecule has 1 saturated carbocycles. The Morgan fingerprint density at radius 2 is 2.11 bits per heavy atom. The summed E-state index contributed by atoms with van der Waals surface area (Å²) in [6.45, 7) is 4.66. The van der Waals surface area contributed by atoms with E-state index in [1.54, 1.807) is 0 Å². The van der Waals surface area contributed by atoms with Crippen LogP contribution in [0.25, 0.3) is 0 Å². The van der Waals surface area contributed by atoms with Crippen molar-refractivity contribution in [2.24, 2.45) is 5.92 Å². The summed E-state index contributed by atoms with van der Waals surface area (Å²) < 4.78 is 11.8. The van der Waals surface area contributed by atoms with E-state index >= 15 is 0 Å². The molecule has 1 N–H and O–H groups in total. The van der Waals surface area contributed by atoms with Gasteiger partial charge in [-0.1, -0.05) is 19.3 Å². The molecule has 2 rings (SSSR count). The number of likely N-dealkylation sites (N-methyl/N-ethyl adjacent to an activating group) is 1. The summed E-state index contributed by atoms with van der Waals surface area (Å²) in [5.74, 6) is 0.716. The second kappa shape index (κ2) is 6.88. The van der Waals surface area contributed by atoms with Crippen LogP contribution in [-0.2, 0) is 9.47 Å². The van der Waals surface area contributed by atoms with Crippen molar-refractivity contribution in [3.8, 4) is 0 Å². The lowest BCUT2D eigenvalue weighted by Crippen LogP contribution is -2.48. The lowest BCUT2D eigenvalue weighted by Gasteiger charge is -2.45. The van der Waals surface area contributed by atoms with Gasteiger partial charge in [0, 0.05) is 19.3 Å². The third-order valence-corrected chi connectivity index (χ3v) is 4.74. The van der Waals surface area contributed by atoms with Gasteiger partial charge in [-0.2, -0.15) is 0 Å². The molecule has 0 radical (unpaired) electrons. The fourth-order valence-corrected chi connectivity index (χ4v) is 3.65. The second-order valence-electron chi connectivity index (χ2n) is 5.90. The normalized spacial score (nSPS) is 29.3. The van der Waals surface area contributed by atoms with Crippen LogP contribution < -0.4 is 5.32 Å². The van der Waals surface area contributed by atoms with E-state index in [0.29, 0.717) is 12.0 Å². The Morgan fingerprint density at radius 3 is 2.78 bits per heavy atom. The van der Waals surface area contributed by atoms with E-state index in [0.717, 1.165) is 19.8 Å². The highest BCUT2D eigenvalue weighted by molar-refractivity contribution is 4.92. The molecule has 2 fully saturated rings. The van der Waals surface area contributed by atoms with E-state index in [1.807, 2.05) is 0 Å². The van der Waals surface area contributed by atoms with Crippen LogP contribution >= 0.6 is 0 Å². The van der Waals surface area contributed by atoms with Gasteiger partial charge >= 0.3 is 0 Å². The van der Waals surface area contributed by atoms with E-state index in [-0.39, 0.29) is 5.60 Å². The molecule has 3 nitrogen and oxygen atoms in total. The first-order chi connectivity index (χ1) is 8.79. The van der Waals surface area contributed by atoms with E-state index < -0.39 is 0 Å². The molecule has 0 aromatic rings. The largest absolute Gasteiger partial charge is 0.380 e. The van der Waals surface area contributed by atoms with Gasteiger partial charge in [0.1, 0.15) is 0 Å². The summed E-state index contributed by atoms with van der Waals surface area (Å²) in [7, 11) is 2.06. The number of ether oxygens (including phenoxy) is 2. The monoisotopic (exact) mass is 255 g/mol. The summed E-state index contributed by atoms with van der Waals surface area (Å²) in [4.78, 5) is 0. The van der Waals surface area contributed by atoms with Crippen LogP contribution in [0.2, 0.25) is 0 Å². The molecule has 0 amide bonds. The Hall–Kier alpha value is -0.120. The summed E-state index contributed by atoms with van der Waals surface area (Å²) >= 11 is 0. The first-order valence-corrected chi connectivity index (χ1v) is 7.68. The van der Waals surface area contributed by atoms with Crippen molar-refractivity contribution in [3.05, 3.63) is 0 Å². The molecule has 1 spiro atoms. The van der Waals surface area contributed by atoms with Crippen LogP contribution in [0.5, 0.6) is 0 Å². The van der Waals surface area contributed by atoms with E-state index in [9.17, 15) is 0 Å². The molecule has 0 aromatic carbocycles. The molecule has 1 aliphatic carbocycles. The maximum absolute atomic E-state index is 6.17. The SMILES string of the molecule is CCOCC(NC)C1CCOC2(CCCCC2)C1. The topological polar surface area (TPSA) is 30.5 Å². The van der Waals surface area contributed by atoms with Gasteiger partial charge in [0.25, 0.3) is 0 Å². The molecule has 18 heavy (non-hydrogen) atoms. The number of hydrogen-bond donors (Lipinski definition) is 1. The van der Waals surface area contributed by atoms with Crippen LogP contribution in [0.1, 0.15) is 51.9 Å². The quantitative estimate of drug-likeness (QED) is 0.819. The Kier molecular flexibility index (Phi) is 5.46. The van der Waals surface area contributed by atoms with E-state index in [4.69, 9.17) is 9.47 Å². The maximum Gasteiger partial charge on any atom is 0.0685 e. The van der Waals surface area contributed by atoms with Gasteiger partial charge in [-0.25, -0.2) is 0 Å². The molecule has 3 heteroatoms. The lowest BCUT2D eigenvalue weighted by molar-refractivity contribution is -0.124. The zero-order valence-electron chi connectivity index (χ0n) is 12.0. The molecule has 0 bridgehead atoms. The Balaban J connectivity index is 1.91. The Bertz CT molecular complexity index is 233. The summed E-state index contributed by atoms with van der Waals surface area (Å²) in [6.07, 6.45) is 9.05. The van der Waals surface area contributed by atoms with E-state index in [2.05, 4.69) is 19.3 Å². The van der Waals surface area contributed by atoms with E-state index in [1.165, 1.54) is 44.9 Å². The van der Waals surface area contributed by atoms with Gasteiger partial charge in [0.2, 0.25) is 0 Å². The predicted molar refractivity (Wildman–Crippen MR) is 73.8 cm³/mol. The van der Waals surface area contributed by atoms with Gasteiger partial charge in [0.05, 0.1) is 12.2 Å². The molecule has 2 atom stereocenters. The van der Waals surface area contributed by atoms with Gasteiger partial charge in [0.15, 0.2) is 0 Å². The average Bonchev–Trinajstić information content (AvgIpc) is 2.41. The summed E-state index contributed by atoms with van der Waals surface area (Å²) in [5, 5.41) is 3.45. The van der Waals surface area contributed by atoms with Gasteiger partial charge < -0.3 is 14.8 Å². The van der Waals surface area contributed by atoms with Crippen LogP contribution in [0.4, 0.5) is 0 Å². The fourth-order valence-electron chi connectivity index (χ4n) is 3.65. The second-order valence-corrected chi connectivity index (χ2v) is 5.90. The molecule has 1 aliphatic heterocycles. The van der Waals surface area contributed by atoms with Gasteiger partial charge in [-0.3, -0.25) is 0 Å². The Labute approximate surface area is 112 Å². The zero-order chi connectivity index (χ0) is 12.8. The molecule has 2 unspecified atom stereocenters. The van der Waals surface area contributed by atoms with Crippen LogP contribution in [0.3, 0.4) is 0 Å². The summed E-state index contributed by atoms with van der Waals surface area (Å²) in [6, 6.07) is 0.493. The smallest absolute Gasteiger partial charge is 0.0685 e. The van der Waals surface area contributed by atoms with Crippen LogP contribution in [0.15, 0.2) is 0 Å². The predicted octanol–water partition coefficient (Wildman–Crippen LogP) is 2.74. The number of rotatable bonds is 5. The van der Waals surface area contributed by atoms with Crippen molar-refractivity contribution in [3.63, 3.8) is 0 Å². The van der Waals surface area contributed by atoms with Gasteiger partial charge in [-0.05, 0) is 45.6 Å². The number of hydrogen-bond acceptors (Lipinski definition) is 3. The minimum Gasteiger partial charge on any atom is -0.380 e. The fraction of sp³-hybridized carbons (Fsp3) is 1.00. The Morgan fingerprint density at radius 1 is 1.33 bits per heavy atom. The molecule has 1 saturated heterocycles. The molecule has 2 aliphatic rings. The first kappa shape index (κ1) is 14.3. The minimum absolute atomic E-state index is 0.211. The lowest BCUT2D eigenvalue weighted by atomic mass is 9.74. The van der Waals surface area contributed by atoms with Gasteiger partial charge in [-0.15, -0.1) is 0 Å².